The van der Waals surface area contributed by atoms with Crippen LogP contribution in [0.3, 0.4) is 0 Å². The molecule has 0 fully saturated rings. The summed E-state index contributed by atoms with van der Waals surface area (Å²) in [6.45, 7) is 0.321. The molecule has 1 amide bonds. The number of halogens is 1. The van der Waals surface area contributed by atoms with Crippen LogP contribution in [-0.4, -0.2) is 15.7 Å². The molecule has 2 aromatic carbocycles. The average molecular weight is 426 g/mol. The third kappa shape index (κ3) is 3.96. The smallest absolute Gasteiger partial charge is 0.269 e. The third-order valence-corrected chi connectivity index (χ3v) is 5.19. The summed E-state index contributed by atoms with van der Waals surface area (Å²) in [4.78, 5) is 18.1. The summed E-state index contributed by atoms with van der Waals surface area (Å²) in [5.74, 6) is -0.294. The van der Waals surface area contributed by atoms with Crippen molar-refractivity contribution in [2.24, 2.45) is 0 Å². The van der Waals surface area contributed by atoms with Gasteiger partial charge < -0.3 is 0 Å². The number of fused-ring (bicyclic) bond motifs is 1. The van der Waals surface area contributed by atoms with Gasteiger partial charge in [0.2, 0.25) is 0 Å². The number of carbonyl (C=O) groups excluding carboxylic acids is 1. The Balaban J connectivity index is 1.56. The number of aromatic nitrogens is 2. The van der Waals surface area contributed by atoms with E-state index < -0.39 is 0 Å². The number of rotatable bonds is 5. The van der Waals surface area contributed by atoms with Crippen LogP contribution < -0.4 is 5.48 Å². The molecule has 1 N–H and O–H groups in total. The Kier molecular flexibility index (Phi) is 5.36. The van der Waals surface area contributed by atoms with Crippen molar-refractivity contribution in [3.63, 3.8) is 0 Å². The van der Waals surface area contributed by atoms with Crippen LogP contribution >= 0.6 is 15.9 Å². The fourth-order valence-electron chi connectivity index (χ4n) is 3.41. The van der Waals surface area contributed by atoms with E-state index in [-0.39, 0.29) is 5.91 Å². The van der Waals surface area contributed by atoms with Crippen LogP contribution in [0.15, 0.2) is 59.1 Å². The lowest BCUT2D eigenvalue weighted by molar-refractivity contribution is 0.0228. The van der Waals surface area contributed by atoms with Gasteiger partial charge in [-0.2, -0.15) is 5.10 Å². The molecule has 138 valence electrons. The second kappa shape index (κ2) is 8.06. The molecule has 1 heterocycles. The van der Waals surface area contributed by atoms with Gasteiger partial charge in [-0.3, -0.25) is 9.63 Å². The van der Waals surface area contributed by atoms with E-state index in [9.17, 15) is 4.79 Å². The molecular formula is C21H20BrN3O2. The average Bonchev–Trinajstić information content (AvgIpc) is 3.09. The van der Waals surface area contributed by atoms with Gasteiger partial charge >= 0.3 is 0 Å². The number of benzene rings is 2. The molecule has 27 heavy (non-hydrogen) atoms. The first-order valence-corrected chi connectivity index (χ1v) is 9.84. The molecule has 1 aromatic heterocycles. The van der Waals surface area contributed by atoms with Crippen molar-refractivity contribution in [3.05, 3.63) is 81.6 Å². The summed E-state index contributed by atoms with van der Waals surface area (Å²) in [7, 11) is 0. The fourth-order valence-corrected chi connectivity index (χ4v) is 3.80. The van der Waals surface area contributed by atoms with E-state index in [0.29, 0.717) is 12.3 Å². The van der Waals surface area contributed by atoms with Crippen molar-refractivity contribution in [1.82, 2.24) is 15.3 Å². The van der Waals surface area contributed by atoms with Gasteiger partial charge in [0.25, 0.3) is 5.91 Å². The first kappa shape index (κ1) is 17.9. The number of hydrogen-bond acceptors (Lipinski definition) is 3. The topological polar surface area (TPSA) is 56.1 Å². The largest absolute Gasteiger partial charge is 0.295 e. The lowest BCUT2D eigenvalue weighted by atomic mass is 9.95. The minimum atomic E-state index is -0.294. The molecule has 0 saturated heterocycles. The molecule has 1 aliphatic carbocycles. The highest BCUT2D eigenvalue weighted by Gasteiger charge is 2.25. The predicted octanol–water partition coefficient (Wildman–Crippen LogP) is 4.38. The molecule has 4 rings (SSSR count). The van der Waals surface area contributed by atoms with E-state index in [2.05, 4.69) is 26.5 Å². The van der Waals surface area contributed by atoms with E-state index in [0.717, 1.165) is 52.7 Å². The van der Waals surface area contributed by atoms with Gasteiger partial charge in [-0.1, -0.05) is 52.3 Å². The lowest BCUT2D eigenvalue weighted by Crippen LogP contribution is -2.25. The van der Waals surface area contributed by atoms with Crippen molar-refractivity contribution in [1.29, 1.82) is 0 Å². The normalized spacial score (nSPS) is 13.2. The molecule has 0 saturated carbocycles. The van der Waals surface area contributed by atoms with E-state index in [1.54, 1.807) is 0 Å². The summed E-state index contributed by atoms with van der Waals surface area (Å²) in [5.41, 5.74) is 7.10. The molecule has 6 heteroatoms. The quantitative estimate of drug-likeness (QED) is 0.617. The zero-order valence-corrected chi connectivity index (χ0v) is 16.4. The Morgan fingerprint density at radius 1 is 1.11 bits per heavy atom. The summed E-state index contributed by atoms with van der Waals surface area (Å²) >= 11 is 3.51. The zero-order chi connectivity index (χ0) is 18.6. The molecule has 5 nitrogen and oxygen atoms in total. The SMILES string of the molecule is O=C(NOCc1ccccc1)c1nn(-c2cccc(Br)c2)c2c1CCCC2. The van der Waals surface area contributed by atoms with Crippen LogP contribution in [-0.2, 0) is 24.3 Å². The highest BCUT2D eigenvalue weighted by molar-refractivity contribution is 9.10. The molecule has 3 aromatic rings. The highest BCUT2D eigenvalue weighted by Crippen LogP contribution is 2.27. The van der Waals surface area contributed by atoms with E-state index in [4.69, 9.17) is 4.84 Å². The summed E-state index contributed by atoms with van der Waals surface area (Å²) in [6.07, 6.45) is 3.97. The Morgan fingerprint density at radius 3 is 2.74 bits per heavy atom. The standard InChI is InChI=1S/C21H20BrN3O2/c22-16-9-6-10-17(13-16)25-19-12-5-4-11-18(19)20(23-25)21(26)24-27-14-15-7-2-1-3-8-15/h1-3,6-10,13H,4-5,11-12,14H2,(H,24,26). The lowest BCUT2D eigenvalue weighted by Gasteiger charge is -2.14. The number of hydrogen-bond donors (Lipinski definition) is 1. The Labute approximate surface area is 166 Å². The van der Waals surface area contributed by atoms with Gasteiger partial charge in [-0.15, -0.1) is 0 Å². The first-order chi connectivity index (χ1) is 13.2. The summed E-state index contributed by atoms with van der Waals surface area (Å²) in [5, 5.41) is 4.63. The highest BCUT2D eigenvalue weighted by atomic mass is 79.9. The number of nitrogens with zero attached hydrogens (tertiary/aromatic N) is 2. The molecule has 0 spiro atoms. The zero-order valence-electron chi connectivity index (χ0n) is 14.8. The summed E-state index contributed by atoms with van der Waals surface area (Å²) in [6, 6.07) is 17.7. The minimum Gasteiger partial charge on any atom is -0.269 e. The number of amides is 1. The van der Waals surface area contributed by atoms with Crippen LogP contribution in [0.4, 0.5) is 0 Å². The molecule has 0 aliphatic heterocycles. The van der Waals surface area contributed by atoms with Crippen molar-refractivity contribution in [3.8, 4) is 5.69 Å². The monoisotopic (exact) mass is 425 g/mol. The molecule has 1 aliphatic rings. The van der Waals surface area contributed by atoms with Gasteiger partial charge in [0.05, 0.1) is 12.3 Å². The molecule has 0 unspecified atom stereocenters. The molecule has 0 bridgehead atoms. The van der Waals surface area contributed by atoms with Crippen molar-refractivity contribution >= 4 is 21.8 Å². The van der Waals surface area contributed by atoms with Crippen LogP contribution in [0.2, 0.25) is 0 Å². The van der Waals surface area contributed by atoms with Gasteiger partial charge in [0.15, 0.2) is 5.69 Å². The van der Waals surface area contributed by atoms with Gasteiger partial charge in [0.1, 0.15) is 0 Å². The van der Waals surface area contributed by atoms with Crippen LogP contribution in [0.5, 0.6) is 0 Å². The Hall–Kier alpha value is -2.44. The third-order valence-electron chi connectivity index (χ3n) is 4.69. The summed E-state index contributed by atoms with van der Waals surface area (Å²) < 4.78 is 2.88. The maximum atomic E-state index is 12.7. The fraction of sp³-hybridized carbons (Fsp3) is 0.238. The van der Waals surface area contributed by atoms with E-state index in [1.165, 1.54) is 0 Å². The second-order valence-corrected chi connectivity index (χ2v) is 7.49. The molecular weight excluding hydrogens is 406 g/mol. The van der Waals surface area contributed by atoms with Crippen LogP contribution in [0, 0.1) is 0 Å². The second-order valence-electron chi connectivity index (χ2n) is 6.58. The minimum absolute atomic E-state index is 0.294. The van der Waals surface area contributed by atoms with Crippen molar-refractivity contribution in [2.45, 2.75) is 32.3 Å². The first-order valence-electron chi connectivity index (χ1n) is 9.05. The van der Waals surface area contributed by atoms with Crippen LogP contribution in [0.25, 0.3) is 5.69 Å². The number of hydroxylamine groups is 1. The van der Waals surface area contributed by atoms with Gasteiger partial charge in [0, 0.05) is 15.7 Å². The van der Waals surface area contributed by atoms with Crippen LogP contribution in [0.1, 0.15) is 40.2 Å². The predicted molar refractivity (Wildman–Crippen MR) is 107 cm³/mol. The van der Waals surface area contributed by atoms with Crippen molar-refractivity contribution in [2.75, 3.05) is 0 Å². The Bertz CT molecular complexity index is 953. The molecule has 0 atom stereocenters. The van der Waals surface area contributed by atoms with Gasteiger partial charge in [-0.25, -0.2) is 10.2 Å². The maximum absolute atomic E-state index is 12.7. The Morgan fingerprint density at radius 2 is 1.93 bits per heavy atom. The maximum Gasteiger partial charge on any atom is 0.295 e. The van der Waals surface area contributed by atoms with E-state index in [1.807, 2.05) is 59.3 Å². The van der Waals surface area contributed by atoms with Crippen molar-refractivity contribution < 1.29 is 9.63 Å². The number of nitrogens with one attached hydrogen (secondary N) is 1. The molecule has 0 radical (unpaired) electrons. The number of carbonyl (C=O) groups is 1. The van der Waals surface area contributed by atoms with Gasteiger partial charge in [-0.05, 0) is 49.4 Å². The van der Waals surface area contributed by atoms with E-state index >= 15 is 0 Å².